The molecule has 1 aliphatic rings. The zero-order valence-electron chi connectivity index (χ0n) is 13.7. The third kappa shape index (κ3) is 3.14. The van der Waals surface area contributed by atoms with Gasteiger partial charge in [-0.3, -0.25) is 9.88 Å². The SMILES string of the molecule is CC(C)N1c2ccccc2CN(Cc2ccncc2)CC1C. The highest BCUT2D eigenvalue weighted by atomic mass is 15.3. The molecule has 0 saturated carbocycles. The van der Waals surface area contributed by atoms with Crippen LogP contribution in [0.1, 0.15) is 31.9 Å². The van der Waals surface area contributed by atoms with Crippen molar-refractivity contribution in [3.8, 4) is 0 Å². The van der Waals surface area contributed by atoms with Crippen molar-refractivity contribution in [3.63, 3.8) is 0 Å². The van der Waals surface area contributed by atoms with Crippen molar-refractivity contribution in [1.29, 1.82) is 0 Å². The van der Waals surface area contributed by atoms with E-state index in [2.05, 4.69) is 72.0 Å². The predicted octanol–water partition coefficient (Wildman–Crippen LogP) is 3.70. The Morgan fingerprint density at radius 3 is 2.59 bits per heavy atom. The molecule has 0 amide bonds. The molecule has 1 atom stereocenters. The van der Waals surface area contributed by atoms with Crippen molar-refractivity contribution in [2.24, 2.45) is 0 Å². The molecule has 0 fully saturated rings. The molecule has 1 aromatic carbocycles. The van der Waals surface area contributed by atoms with E-state index in [1.807, 2.05) is 12.4 Å². The molecule has 1 aliphatic heterocycles. The smallest absolute Gasteiger partial charge is 0.0417 e. The van der Waals surface area contributed by atoms with Gasteiger partial charge < -0.3 is 4.90 Å². The van der Waals surface area contributed by atoms with E-state index in [-0.39, 0.29) is 0 Å². The Labute approximate surface area is 133 Å². The molecule has 0 spiro atoms. The zero-order chi connectivity index (χ0) is 15.5. The number of rotatable bonds is 3. The molecule has 116 valence electrons. The summed E-state index contributed by atoms with van der Waals surface area (Å²) in [5.74, 6) is 0. The van der Waals surface area contributed by atoms with E-state index in [0.29, 0.717) is 12.1 Å². The van der Waals surface area contributed by atoms with E-state index >= 15 is 0 Å². The Balaban J connectivity index is 1.89. The summed E-state index contributed by atoms with van der Waals surface area (Å²) in [4.78, 5) is 9.22. The second-order valence-corrected chi connectivity index (χ2v) is 6.50. The summed E-state index contributed by atoms with van der Waals surface area (Å²) in [6.45, 7) is 9.97. The fraction of sp³-hybridized carbons (Fsp3) is 0.421. The predicted molar refractivity (Wildman–Crippen MR) is 91.9 cm³/mol. The van der Waals surface area contributed by atoms with Crippen LogP contribution in [0.2, 0.25) is 0 Å². The maximum absolute atomic E-state index is 4.12. The zero-order valence-corrected chi connectivity index (χ0v) is 13.7. The number of hydrogen-bond donors (Lipinski definition) is 0. The minimum absolute atomic E-state index is 0.505. The summed E-state index contributed by atoms with van der Waals surface area (Å²) in [6.07, 6.45) is 3.76. The second kappa shape index (κ2) is 6.49. The van der Waals surface area contributed by atoms with Gasteiger partial charge in [0.2, 0.25) is 0 Å². The Kier molecular flexibility index (Phi) is 4.44. The number of nitrogens with zero attached hydrogens (tertiary/aromatic N) is 3. The Bertz CT molecular complexity index is 609. The molecule has 3 heteroatoms. The third-order valence-corrected chi connectivity index (χ3v) is 4.37. The molecule has 2 aromatic rings. The number of aromatic nitrogens is 1. The topological polar surface area (TPSA) is 19.4 Å². The van der Waals surface area contributed by atoms with Crippen LogP contribution in [0.25, 0.3) is 0 Å². The Hall–Kier alpha value is -1.87. The molecule has 22 heavy (non-hydrogen) atoms. The van der Waals surface area contributed by atoms with E-state index in [4.69, 9.17) is 0 Å². The fourth-order valence-electron chi connectivity index (χ4n) is 3.55. The van der Waals surface area contributed by atoms with Crippen molar-refractivity contribution in [1.82, 2.24) is 9.88 Å². The fourth-order valence-corrected chi connectivity index (χ4v) is 3.55. The summed E-state index contributed by atoms with van der Waals surface area (Å²) in [5.41, 5.74) is 4.15. The maximum Gasteiger partial charge on any atom is 0.0417 e. The summed E-state index contributed by atoms with van der Waals surface area (Å²) >= 11 is 0. The summed E-state index contributed by atoms with van der Waals surface area (Å²) < 4.78 is 0. The van der Waals surface area contributed by atoms with Gasteiger partial charge in [0, 0.05) is 49.8 Å². The highest BCUT2D eigenvalue weighted by molar-refractivity contribution is 5.56. The van der Waals surface area contributed by atoms with Gasteiger partial charge in [0.15, 0.2) is 0 Å². The van der Waals surface area contributed by atoms with E-state index in [9.17, 15) is 0 Å². The summed E-state index contributed by atoms with van der Waals surface area (Å²) in [7, 11) is 0. The quantitative estimate of drug-likeness (QED) is 0.860. The summed E-state index contributed by atoms with van der Waals surface area (Å²) in [6, 6.07) is 14.1. The monoisotopic (exact) mass is 295 g/mol. The Morgan fingerprint density at radius 1 is 1.14 bits per heavy atom. The number of hydrogen-bond acceptors (Lipinski definition) is 3. The van der Waals surface area contributed by atoms with Crippen LogP contribution in [0.5, 0.6) is 0 Å². The first-order chi connectivity index (χ1) is 10.6. The maximum atomic E-state index is 4.12. The van der Waals surface area contributed by atoms with Crippen LogP contribution < -0.4 is 4.90 Å². The Morgan fingerprint density at radius 2 is 1.86 bits per heavy atom. The average Bonchev–Trinajstić information content (AvgIpc) is 2.63. The van der Waals surface area contributed by atoms with E-state index in [1.165, 1.54) is 16.8 Å². The number of fused-ring (bicyclic) bond motifs is 1. The number of para-hydroxylation sites is 1. The molecule has 1 aromatic heterocycles. The number of anilines is 1. The van der Waals surface area contributed by atoms with Gasteiger partial charge in [-0.2, -0.15) is 0 Å². The lowest BCUT2D eigenvalue weighted by atomic mass is 10.1. The van der Waals surface area contributed by atoms with Gasteiger partial charge in [-0.25, -0.2) is 0 Å². The molecule has 1 unspecified atom stereocenters. The van der Waals surface area contributed by atoms with Crippen molar-refractivity contribution in [2.75, 3.05) is 11.4 Å². The van der Waals surface area contributed by atoms with Gasteiger partial charge in [0.05, 0.1) is 0 Å². The minimum Gasteiger partial charge on any atom is -0.365 e. The van der Waals surface area contributed by atoms with Crippen molar-refractivity contribution >= 4 is 5.69 Å². The highest BCUT2D eigenvalue weighted by Gasteiger charge is 2.26. The average molecular weight is 295 g/mol. The molecule has 2 heterocycles. The number of pyridine rings is 1. The van der Waals surface area contributed by atoms with Gasteiger partial charge in [-0.05, 0) is 50.1 Å². The standard InChI is InChI=1S/C19H25N3/c1-15(2)22-16(3)12-21(13-17-8-10-20-11-9-17)14-18-6-4-5-7-19(18)22/h4-11,15-16H,12-14H2,1-3H3. The molecule has 3 nitrogen and oxygen atoms in total. The van der Waals surface area contributed by atoms with Crippen LogP contribution in [0, 0.1) is 0 Å². The lowest BCUT2D eigenvalue weighted by Crippen LogP contribution is -2.43. The normalized spacial score (nSPS) is 19.1. The van der Waals surface area contributed by atoms with Crippen molar-refractivity contribution in [3.05, 3.63) is 59.9 Å². The first kappa shape index (κ1) is 15.0. The molecule has 0 radical (unpaired) electrons. The number of benzene rings is 1. The second-order valence-electron chi connectivity index (χ2n) is 6.50. The highest BCUT2D eigenvalue weighted by Crippen LogP contribution is 2.30. The summed E-state index contributed by atoms with van der Waals surface area (Å²) in [5, 5.41) is 0. The third-order valence-electron chi connectivity index (χ3n) is 4.37. The van der Waals surface area contributed by atoms with E-state index in [1.54, 1.807) is 0 Å². The molecular weight excluding hydrogens is 270 g/mol. The lowest BCUT2D eigenvalue weighted by molar-refractivity contribution is 0.247. The van der Waals surface area contributed by atoms with Gasteiger partial charge in [-0.1, -0.05) is 18.2 Å². The van der Waals surface area contributed by atoms with Crippen molar-refractivity contribution in [2.45, 2.75) is 45.9 Å². The molecule has 3 rings (SSSR count). The van der Waals surface area contributed by atoms with Crippen LogP contribution in [-0.4, -0.2) is 28.5 Å². The van der Waals surface area contributed by atoms with Crippen LogP contribution in [-0.2, 0) is 13.1 Å². The first-order valence-electron chi connectivity index (χ1n) is 8.12. The molecule has 0 aliphatic carbocycles. The van der Waals surface area contributed by atoms with Gasteiger partial charge in [-0.15, -0.1) is 0 Å². The minimum atomic E-state index is 0.505. The van der Waals surface area contributed by atoms with E-state index in [0.717, 1.165) is 19.6 Å². The largest absolute Gasteiger partial charge is 0.365 e. The molecule has 0 N–H and O–H groups in total. The van der Waals surface area contributed by atoms with Gasteiger partial charge in [0.1, 0.15) is 0 Å². The van der Waals surface area contributed by atoms with Crippen molar-refractivity contribution < 1.29 is 0 Å². The van der Waals surface area contributed by atoms with E-state index < -0.39 is 0 Å². The van der Waals surface area contributed by atoms with Gasteiger partial charge >= 0.3 is 0 Å². The van der Waals surface area contributed by atoms with Crippen LogP contribution in [0.3, 0.4) is 0 Å². The molecule has 0 bridgehead atoms. The first-order valence-corrected chi connectivity index (χ1v) is 8.12. The van der Waals surface area contributed by atoms with Gasteiger partial charge in [0.25, 0.3) is 0 Å². The lowest BCUT2D eigenvalue weighted by Gasteiger charge is -2.35. The molecular formula is C19H25N3. The van der Waals surface area contributed by atoms with Crippen LogP contribution in [0.4, 0.5) is 5.69 Å². The molecule has 0 saturated heterocycles. The van der Waals surface area contributed by atoms with Crippen LogP contribution in [0.15, 0.2) is 48.8 Å². The van der Waals surface area contributed by atoms with Crippen LogP contribution >= 0.6 is 0 Å².